The van der Waals surface area contributed by atoms with Crippen molar-refractivity contribution in [1.29, 1.82) is 0 Å². The van der Waals surface area contributed by atoms with Gasteiger partial charge in [0.1, 0.15) is 5.03 Å². The molecule has 0 spiro atoms. The van der Waals surface area contributed by atoms with Crippen molar-refractivity contribution in [3.63, 3.8) is 0 Å². The van der Waals surface area contributed by atoms with Crippen molar-refractivity contribution in [2.45, 2.75) is 50.1 Å². The molecule has 2 heterocycles. The number of carbonyl (C=O) groups excluding carboxylic acids is 1. The van der Waals surface area contributed by atoms with Crippen LogP contribution in [-0.4, -0.2) is 48.4 Å². The van der Waals surface area contributed by atoms with Gasteiger partial charge in [-0.05, 0) is 43.7 Å². The molecule has 1 aromatic heterocycles. The van der Waals surface area contributed by atoms with Gasteiger partial charge in [0.05, 0.1) is 26.4 Å². The molecule has 1 aliphatic carbocycles. The van der Waals surface area contributed by atoms with Gasteiger partial charge in [0, 0.05) is 36.5 Å². The number of hydrogen-bond acceptors (Lipinski definition) is 4. The predicted molar refractivity (Wildman–Crippen MR) is 121 cm³/mol. The van der Waals surface area contributed by atoms with Crippen LogP contribution >= 0.6 is 11.8 Å². The molecule has 0 saturated heterocycles. The lowest BCUT2D eigenvalue weighted by Gasteiger charge is -2.23. The molecule has 1 aliphatic heterocycles. The van der Waals surface area contributed by atoms with Gasteiger partial charge >= 0.3 is 5.69 Å². The number of para-hydroxylation sites is 1. The van der Waals surface area contributed by atoms with Crippen molar-refractivity contribution in [2.24, 2.45) is 0 Å². The Kier molecular flexibility index (Phi) is 6.58. The Hall–Kier alpha value is -2.12. The number of benzene rings is 1. The molecule has 0 fully saturated rings. The van der Waals surface area contributed by atoms with E-state index in [4.69, 9.17) is 0 Å². The maximum absolute atomic E-state index is 12.9. The third kappa shape index (κ3) is 4.47. The average molecular weight is 428 g/mol. The van der Waals surface area contributed by atoms with Gasteiger partial charge in [0.25, 0.3) is 0 Å². The maximum Gasteiger partial charge on any atom is 0.348 e. The molecular formula is C23H31N4O2S+. The number of quaternary nitrogens is 1. The predicted octanol–water partition coefficient (Wildman–Crippen LogP) is 1.34. The molecular weight excluding hydrogens is 396 g/mol. The zero-order valence-corrected chi connectivity index (χ0v) is 18.8. The minimum Gasteiger partial charge on any atom is -0.340 e. The van der Waals surface area contributed by atoms with Crippen LogP contribution < -0.4 is 15.5 Å². The monoisotopic (exact) mass is 427 g/mol. The number of carbonyl (C=O) groups is 1. The summed E-state index contributed by atoms with van der Waals surface area (Å²) in [5.74, 6) is 0.413. The minimum atomic E-state index is -0.161. The van der Waals surface area contributed by atoms with Gasteiger partial charge in [0.2, 0.25) is 5.91 Å². The van der Waals surface area contributed by atoms with Crippen LogP contribution in [0.2, 0.25) is 0 Å². The smallest absolute Gasteiger partial charge is 0.340 e. The topological polar surface area (TPSA) is 59.6 Å². The normalized spacial score (nSPS) is 15.4. The van der Waals surface area contributed by atoms with E-state index in [-0.39, 0.29) is 11.6 Å². The third-order valence-electron chi connectivity index (χ3n) is 6.03. The van der Waals surface area contributed by atoms with Gasteiger partial charge in [-0.2, -0.15) is 4.98 Å². The molecule has 160 valence electrons. The molecule has 30 heavy (non-hydrogen) atoms. The SMILES string of the molecule is C[NH+](C)CCCn1c2c(c(SCC(=O)N3CCc4ccccc43)nc1=O)CCCC2. The highest BCUT2D eigenvalue weighted by molar-refractivity contribution is 8.00. The summed E-state index contributed by atoms with van der Waals surface area (Å²) in [6, 6.07) is 8.10. The fourth-order valence-corrected chi connectivity index (χ4v) is 5.45. The second kappa shape index (κ2) is 9.35. The Morgan fingerprint density at radius 3 is 2.80 bits per heavy atom. The minimum absolute atomic E-state index is 0.0921. The number of fused-ring (bicyclic) bond motifs is 2. The number of anilines is 1. The van der Waals surface area contributed by atoms with Crippen LogP contribution in [-0.2, 0) is 30.6 Å². The van der Waals surface area contributed by atoms with Crippen LogP contribution in [0.5, 0.6) is 0 Å². The lowest BCUT2D eigenvalue weighted by Crippen LogP contribution is -3.05. The number of thioether (sulfide) groups is 1. The van der Waals surface area contributed by atoms with Crippen molar-refractivity contribution >= 4 is 23.4 Å². The van der Waals surface area contributed by atoms with Crippen molar-refractivity contribution in [3.05, 3.63) is 51.6 Å². The summed E-state index contributed by atoms with van der Waals surface area (Å²) in [5.41, 5.74) is 4.44. The lowest BCUT2D eigenvalue weighted by molar-refractivity contribution is -0.858. The third-order valence-corrected chi connectivity index (χ3v) is 7.03. The largest absolute Gasteiger partial charge is 0.348 e. The second-order valence-corrected chi connectivity index (χ2v) is 9.47. The average Bonchev–Trinajstić information content (AvgIpc) is 3.18. The molecule has 0 bridgehead atoms. The zero-order chi connectivity index (χ0) is 21.1. The lowest BCUT2D eigenvalue weighted by atomic mass is 9.97. The Bertz CT molecular complexity index is 986. The zero-order valence-electron chi connectivity index (χ0n) is 17.9. The summed E-state index contributed by atoms with van der Waals surface area (Å²) in [5, 5.41) is 0.769. The van der Waals surface area contributed by atoms with Gasteiger partial charge < -0.3 is 9.80 Å². The first-order valence-corrected chi connectivity index (χ1v) is 12.0. The van der Waals surface area contributed by atoms with E-state index in [9.17, 15) is 9.59 Å². The number of rotatable bonds is 7. The highest BCUT2D eigenvalue weighted by atomic mass is 32.2. The summed E-state index contributed by atoms with van der Waals surface area (Å²) in [4.78, 5) is 33.4. The summed E-state index contributed by atoms with van der Waals surface area (Å²) in [7, 11) is 4.26. The van der Waals surface area contributed by atoms with Crippen LogP contribution in [0.15, 0.2) is 34.1 Å². The summed E-state index contributed by atoms with van der Waals surface area (Å²) >= 11 is 1.44. The molecule has 7 heteroatoms. The van der Waals surface area contributed by atoms with Crippen LogP contribution in [0, 0.1) is 0 Å². The first-order chi connectivity index (χ1) is 14.5. The Morgan fingerprint density at radius 2 is 1.97 bits per heavy atom. The van der Waals surface area contributed by atoms with Gasteiger partial charge in [0.15, 0.2) is 0 Å². The molecule has 1 amide bonds. The van der Waals surface area contributed by atoms with Gasteiger partial charge in [-0.1, -0.05) is 30.0 Å². The summed E-state index contributed by atoms with van der Waals surface area (Å²) in [6.45, 7) is 2.50. The molecule has 1 aromatic carbocycles. The van der Waals surface area contributed by atoms with Gasteiger partial charge in [-0.3, -0.25) is 9.36 Å². The number of amides is 1. The maximum atomic E-state index is 12.9. The van der Waals surface area contributed by atoms with E-state index < -0.39 is 0 Å². The summed E-state index contributed by atoms with van der Waals surface area (Å²) in [6.07, 6.45) is 5.99. The summed E-state index contributed by atoms with van der Waals surface area (Å²) < 4.78 is 1.89. The number of nitrogens with one attached hydrogen (secondary N) is 1. The molecule has 0 unspecified atom stereocenters. The van der Waals surface area contributed by atoms with Crippen molar-refractivity contribution in [1.82, 2.24) is 9.55 Å². The van der Waals surface area contributed by atoms with E-state index >= 15 is 0 Å². The Morgan fingerprint density at radius 1 is 1.17 bits per heavy atom. The van der Waals surface area contributed by atoms with Crippen molar-refractivity contribution < 1.29 is 9.69 Å². The van der Waals surface area contributed by atoms with Crippen molar-refractivity contribution in [3.8, 4) is 0 Å². The van der Waals surface area contributed by atoms with Crippen LogP contribution in [0.25, 0.3) is 0 Å². The molecule has 2 aliphatic rings. The first kappa shape index (κ1) is 21.1. The Labute approximate surface area is 182 Å². The van der Waals surface area contributed by atoms with Gasteiger partial charge in [-0.15, -0.1) is 0 Å². The van der Waals surface area contributed by atoms with Crippen LogP contribution in [0.3, 0.4) is 0 Å². The molecule has 0 atom stereocenters. The molecule has 1 N–H and O–H groups in total. The van der Waals surface area contributed by atoms with Gasteiger partial charge in [-0.25, -0.2) is 4.79 Å². The van der Waals surface area contributed by atoms with Crippen LogP contribution in [0.4, 0.5) is 5.69 Å². The van der Waals surface area contributed by atoms with E-state index in [2.05, 4.69) is 25.1 Å². The van der Waals surface area contributed by atoms with E-state index in [1.54, 1.807) is 0 Å². The molecule has 4 rings (SSSR count). The van der Waals surface area contributed by atoms with Crippen LogP contribution in [0.1, 0.15) is 36.1 Å². The standard InChI is InChI=1S/C23H30N4O2S/c1-25(2)13-7-14-27-20-11-6-4-9-18(20)22(24-23(27)29)30-16-21(28)26-15-12-17-8-3-5-10-19(17)26/h3,5,8,10H,4,6-7,9,11-16H2,1-2H3/p+1. The number of hydrogen-bond donors (Lipinski definition) is 1. The second-order valence-electron chi connectivity index (χ2n) is 8.51. The quantitative estimate of drug-likeness (QED) is 0.535. The number of nitrogens with zero attached hydrogens (tertiary/aromatic N) is 3. The fraction of sp³-hybridized carbons (Fsp3) is 0.522. The van der Waals surface area contributed by atoms with E-state index in [1.165, 1.54) is 27.8 Å². The number of aromatic nitrogens is 2. The molecule has 6 nitrogen and oxygen atoms in total. The fourth-order valence-electron chi connectivity index (χ4n) is 4.49. The first-order valence-electron chi connectivity index (χ1n) is 11.0. The van der Waals surface area contributed by atoms with E-state index in [0.717, 1.165) is 74.6 Å². The Balaban J connectivity index is 1.50. The van der Waals surface area contributed by atoms with E-state index in [1.807, 2.05) is 27.7 Å². The van der Waals surface area contributed by atoms with E-state index in [0.29, 0.717) is 5.75 Å². The molecule has 2 aromatic rings. The highest BCUT2D eigenvalue weighted by Gasteiger charge is 2.26. The van der Waals surface area contributed by atoms with Crippen molar-refractivity contribution in [2.75, 3.05) is 37.8 Å². The molecule has 0 radical (unpaired) electrons. The highest BCUT2D eigenvalue weighted by Crippen LogP contribution is 2.31. The molecule has 0 saturated carbocycles.